The van der Waals surface area contributed by atoms with Crippen LogP contribution in [0, 0.1) is 11.3 Å². The first-order chi connectivity index (χ1) is 20.5. The molecule has 0 unspecified atom stereocenters. The molecule has 3 aromatic carbocycles. The van der Waals surface area contributed by atoms with Crippen molar-refractivity contribution >= 4 is 28.9 Å². The zero-order valence-corrected chi connectivity index (χ0v) is 22.4. The topological polar surface area (TPSA) is 111 Å². The number of hydrogen-bond donors (Lipinski definition) is 0. The average Bonchev–Trinajstić information content (AvgIpc) is 3.76. The first-order valence-corrected chi connectivity index (χ1v) is 13.2. The molecule has 9 nitrogen and oxygen atoms in total. The number of carbonyl (C=O) groups is 2. The molecule has 9 heteroatoms. The summed E-state index contributed by atoms with van der Waals surface area (Å²) in [5.41, 5.74) is 3.72. The van der Waals surface area contributed by atoms with E-state index in [-0.39, 0.29) is 24.5 Å². The van der Waals surface area contributed by atoms with E-state index in [1.54, 1.807) is 42.1 Å². The molecule has 0 N–H and O–H groups in total. The second kappa shape index (κ2) is 9.94. The number of ether oxygens (including phenoxy) is 2. The Morgan fingerprint density at radius 3 is 2.55 bits per heavy atom. The summed E-state index contributed by atoms with van der Waals surface area (Å²) in [7, 11) is 0. The maximum Gasteiger partial charge on any atom is 0.271 e. The fraction of sp³-hybridized carbons (Fsp3) is 0.0909. The van der Waals surface area contributed by atoms with Gasteiger partial charge in [-0.15, -0.1) is 0 Å². The second-order valence-electron chi connectivity index (χ2n) is 9.92. The van der Waals surface area contributed by atoms with Crippen LogP contribution in [0.4, 0.5) is 0 Å². The van der Waals surface area contributed by atoms with Crippen LogP contribution >= 0.6 is 0 Å². The minimum absolute atomic E-state index is 0.0379. The van der Waals surface area contributed by atoms with Crippen molar-refractivity contribution in [2.24, 2.45) is 0 Å². The van der Waals surface area contributed by atoms with Gasteiger partial charge in [-0.2, -0.15) is 10.4 Å². The first kappa shape index (κ1) is 25.1. The standard InChI is InChI=1S/C33H22N4O5/c1-20-25(32(38)36(33(39)26(20)16-34)17-21-11-12-28-29(13-21)41-19-40-28)14-23-18-37(24-8-3-2-4-9-24)35-31(23)30-15-22-7-5-6-10-27(22)42-30/h2-15,18H,17,19H2,1H3/b25-14+. The van der Waals surface area contributed by atoms with Crippen LogP contribution in [0.5, 0.6) is 11.5 Å². The highest BCUT2D eigenvalue weighted by atomic mass is 16.7. The number of furan rings is 1. The fourth-order valence-corrected chi connectivity index (χ4v) is 5.15. The van der Waals surface area contributed by atoms with Gasteiger partial charge in [0.15, 0.2) is 17.3 Å². The highest BCUT2D eigenvalue weighted by Gasteiger charge is 2.36. The lowest BCUT2D eigenvalue weighted by Gasteiger charge is -2.27. The third-order valence-electron chi connectivity index (χ3n) is 7.33. The van der Waals surface area contributed by atoms with Gasteiger partial charge in [0, 0.05) is 22.7 Å². The van der Waals surface area contributed by atoms with Crippen molar-refractivity contribution in [1.29, 1.82) is 5.26 Å². The van der Waals surface area contributed by atoms with Gasteiger partial charge in [0.05, 0.1) is 12.2 Å². The quantitative estimate of drug-likeness (QED) is 0.199. The molecule has 0 atom stereocenters. The lowest BCUT2D eigenvalue weighted by molar-refractivity contribution is -0.141. The fourth-order valence-electron chi connectivity index (χ4n) is 5.15. The summed E-state index contributed by atoms with van der Waals surface area (Å²) in [6, 6.07) is 26.3. The SMILES string of the molecule is CC1=C(C#N)C(=O)N(Cc2ccc3c(c2)OCO3)C(=O)/C1=C/c1cn(-c2ccccc2)nc1-c1cc2ccccc2o1. The van der Waals surface area contributed by atoms with Crippen LogP contribution < -0.4 is 9.47 Å². The molecule has 0 fully saturated rings. The molecule has 4 heterocycles. The van der Waals surface area contributed by atoms with E-state index in [1.165, 1.54) is 0 Å². The molecule has 0 saturated carbocycles. The van der Waals surface area contributed by atoms with E-state index in [2.05, 4.69) is 0 Å². The molecule has 2 aliphatic rings. The van der Waals surface area contributed by atoms with Gasteiger partial charge in [-0.1, -0.05) is 42.5 Å². The number of aromatic nitrogens is 2. The highest BCUT2D eigenvalue weighted by molar-refractivity contribution is 6.19. The van der Waals surface area contributed by atoms with Crippen LogP contribution in [-0.4, -0.2) is 33.3 Å². The summed E-state index contributed by atoms with van der Waals surface area (Å²) in [6.07, 6.45) is 3.47. The Labute approximate surface area is 240 Å². The van der Waals surface area contributed by atoms with Gasteiger partial charge in [-0.05, 0) is 60.5 Å². The molecule has 0 bridgehead atoms. The summed E-state index contributed by atoms with van der Waals surface area (Å²) in [4.78, 5) is 28.3. The molecular weight excluding hydrogens is 532 g/mol. The second-order valence-corrected chi connectivity index (χ2v) is 9.92. The predicted molar refractivity (Wildman–Crippen MR) is 153 cm³/mol. The molecule has 204 valence electrons. The molecular formula is C33H22N4O5. The van der Waals surface area contributed by atoms with E-state index in [4.69, 9.17) is 19.0 Å². The Morgan fingerprint density at radius 2 is 1.74 bits per heavy atom. The monoisotopic (exact) mass is 554 g/mol. The average molecular weight is 555 g/mol. The number of benzene rings is 3. The molecule has 7 rings (SSSR count). The molecule has 2 amide bonds. The molecule has 5 aromatic rings. The van der Waals surface area contributed by atoms with E-state index in [9.17, 15) is 14.9 Å². The number of imide groups is 1. The van der Waals surface area contributed by atoms with Gasteiger partial charge >= 0.3 is 0 Å². The van der Waals surface area contributed by atoms with Crippen molar-refractivity contribution in [2.75, 3.05) is 6.79 Å². The van der Waals surface area contributed by atoms with Crippen LogP contribution in [-0.2, 0) is 16.1 Å². The normalized spacial score (nSPS) is 15.6. The van der Waals surface area contributed by atoms with E-state index in [0.717, 1.165) is 16.0 Å². The van der Waals surface area contributed by atoms with Crippen molar-refractivity contribution in [3.05, 3.63) is 113 Å². The van der Waals surface area contributed by atoms with Crippen molar-refractivity contribution in [3.8, 4) is 34.7 Å². The number of rotatable bonds is 5. The summed E-state index contributed by atoms with van der Waals surface area (Å²) < 4.78 is 18.7. The maximum absolute atomic E-state index is 13.9. The summed E-state index contributed by atoms with van der Waals surface area (Å²) >= 11 is 0. The van der Waals surface area contributed by atoms with Crippen LogP contribution in [0.3, 0.4) is 0 Å². The van der Waals surface area contributed by atoms with Crippen molar-refractivity contribution in [1.82, 2.24) is 14.7 Å². The molecule has 2 aromatic heterocycles. The van der Waals surface area contributed by atoms with E-state index >= 15 is 0 Å². The Hall–Kier alpha value is -5.88. The van der Waals surface area contributed by atoms with E-state index in [0.29, 0.717) is 45.2 Å². The van der Waals surface area contributed by atoms with Gasteiger partial charge in [0.2, 0.25) is 6.79 Å². The highest BCUT2D eigenvalue weighted by Crippen LogP contribution is 2.36. The lowest BCUT2D eigenvalue weighted by atomic mass is 9.93. The number of nitriles is 1. The van der Waals surface area contributed by atoms with E-state index < -0.39 is 11.8 Å². The lowest BCUT2D eigenvalue weighted by Crippen LogP contribution is -2.42. The number of nitrogens with zero attached hydrogens (tertiary/aromatic N) is 4. The molecule has 0 spiro atoms. The maximum atomic E-state index is 13.9. The predicted octanol–water partition coefficient (Wildman–Crippen LogP) is 5.81. The summed E-state index contributed by atoms with van der Waals surface area (Å²) in [5.74, 6) is 0.495. The third kappa shape index (κ3) is 4.22. The first-order valence-electron chi connectivity index (χ1n) is 13.2. The molecule has 2 aliphatic heterocycles. The van der Waals surface area contributed by atoms with Crippen LogP contribution in [0.2, 0.25) is 0 Å². The minimum atomic E-state index is -0.646. The van der Waals surface area contributed by atoms with Gasteiger partial charge in [0.25, 0.3) is 11.8 Å². The van der Waals surface area contributed by atoms with Crippen molar-refractivity contribution in [3.63, 3.8) is 0 Å². The largest absolute Gasteiger partial charge is 0.454 e. The Balaban J connectivity index is 1.34. The third-order valence-corrected chi connectivity index (χ3v) is 7.33. The van der Waals surface area contributed by atoms with Gasteiger partial charge in [-0.25, -0.2) is 4.68 Å². The Kier molecular flexibility index (Phi) is 5.95. The summed E-state index contributed by atoms with van der Waals surface area (Å²) in [6.45, 7) is 1.68. The smallest absolute Gasteiger partial charge is 0.271 e. The van der Waals surface area contributed by atoms with Gasteiger partial charge in [-0.3, -0.25) is 14.5 Å². The number of fused-ring (bicyclic) bond motifs is 2. The Morgan fingerprint density at radius 1 is 0.952 bits per heavy atom. The molecule has 0 aliphatic carbocycles. The number of para-hydroxylation sites is 2. The van der Waals surface area contributed by atoms with Crippen LogP contribution in [0.25, 0.3) is 34.2 Å². The minimum Gasteiger partial charge on any atom is -0.454 e. The number of hydrogen-bond acceptors (Lipinski definition) is 7. The number of amides is 2. The number of carbonyl (C=O) groups excluding carboxylic acids is 2. The van der Waals surface area contributed by atoms with Crippen LogP contribution in [0.1, 0.15) is 18.1 Å². The molecule has 42 heavy (non-hydrogen) atoms. The molecule has 0 saturated heterocycles. The Bertz CT molecular complexity index is 1980. The van der Waals surface area contributed by atoms with Crippen molar-refractivity contribution in [2.45, 2.75) is 13.5 Å². The van der Waals surface area contributed by atoms with Crippen molar-refractivity contribution < 1.29 is 23.5 Å². The zero-order chi connectivity index (χ0) is 28.8. The van der Waals surface area contributed by atoms with Gasteiger partial charge in [0.1, 0.15) is 22.9 Å². The zero-order valence-electron chi connectivity index (χ0n) is 22.4. The summed E-state index contributed by atoms with van der Waals surface area (Å²) in [5, 5.41) is 15.6. The molecule has 0 radical (unpaired) electrons. The van der Waals surface area contributed by atoms with E-state index in [1.807, 2.05) is 66.7 Å². The van der Waals surface area contributed by atoms with Crippen LogP contribution in [0.15, 0.2) is 106 Å². The van der Waals surface area contributed by atoms with Gasteiger partial charge < -0.3 is 13.9 Å².